The highest BCUT2D eigenvalue weighted by Crippen LogP contribution is 2.29. The van der Waals surface area contributed by atoms with Crippen molar-refractivity contribution in [2.24, 2.45) is 0 Å². The van der Waals surface area contributed by atoms with Crippen molar-refractivity contribution >= 4 is 5.97 Å². The average molecular weight is 282 g/mol. The summed E-state index contributed by atoms with van der Waals surface area (Å²) in [5.41, 5.74) is 4.96. The molecule has 0 bridgehead atoms. The lowest BCUT2D eigenvalue weighted by Gasteiger charge is -2.15. The second-order valence-corrected chi connectivity index (χ2v) is 5.62. The number of fused-ring (bicyclic) bond motifs is 1. The predicted octanol–water partition coefficient (Wildman–Crippen LogP) is 2.68. The molecule has 1 aromatic heterocycles. The molecule has 1 aliphatic rings. The quantitative estimate of drug-likeness (QED) is 0.936. The summed E-state index contributed by atoms with van der Waals surface area (Å²) < 4.78 is 0. The number of rotatable bonds is 4. The first-order chi connectivity index (χ1) is 10.1. The summed E-state index contributed by atoms with van der Waals surface area (Å²) >= 11 is 0. The zero-order chi connectivity index (χ0) is 14.8. The van der Waals surface area contributed by atoms with E-state index in [2.05, 4.69) is 9.97 Å². The van der Waals surface area contributed by atoms with Crippen molar-refractivity contribution in [2.45, 2.75) is 38.5 Å². The molecule has 108 valence electrons. The molecule has 0 fully saturated rings. The third-order valence-electron chi connectivity index (χ3n) is 4.06. The van der Waals surface area contributed by atoms with Crippen molar-refractivity contribution in [1.29, 1.82) is 0 Å². The molecule has 1 heterocycles. The number of hydrogen-bond donors (Lipinski definition) is 1. The van der Waals surface area contributed by atoms with E-state index in [1.54, 1.807) is 0 Å². The normalized spacial score (nSPS) is 14.7. The van der Waals surface area contributed by atoms with Crippen LogP contribution < -0.4 is 0 Å². The molecular formula is C17H18N2O2. The SMILES string of the molecule is Cc1cccc(CC(C(=O)O)c2ncnc3c2CCC3)c1. The number of carbonyl (C=O) groups is 1. The number of aliphatic carboxylic acids is 1. The van der Waals surface area contributed by atoms with Gasteiger partial charge in [-0.2, -0.15) is 0 Å². The van der Waals surface area contributed by atoms with E-state index in [0.717, 1.165) is 41.6 Å². The van der Waals surface area contributed by atoms with E-state index in [4.69, 9.17) is 0 Å². The van der Waals surface area contributed by atoms with Crippen LogP contribution >= 0.6 is 0 Å². The third kappa shape index (κ3) is 2.79. The fourth-order valence-corrected chi connectivity index (χ4v) is 3.06. The van der Waals surface area contributed by atoms with Crippen LogP contribution in [-0.4, -0.2) is 21.0 Å². The molecule has 4 nitrogen and oxygen atoms in total. The molecule has 1 aliphatic carbocycles. The van der Waals surface area contributed by atoms with Gasteiger partial charge in [0.2, 0.25) is 0 Å². The maximum Gasteiger partial charge on any atom is 0.312 e. The summed E-state index contributed by atoms with van der Waals surface area (Å²) in [7, 11) is 0. The average Bonchev–Trinajstić information content (AvgIpc) is 2.93. The fourth-order valence-electron chi connectivity index (χ4n) is 3.06. The molecule has 1 atom stereocenters. The van der Waals surface area contributed by atoms with Crippen molar-refractivity contribution in [3.05, 3.63) is 58.7 Å². The van der Waals surface area contributed by atoms with Crippen molar-refractivity contribution < 1.29 is 9.90 Å². The van der Waals surface area contributed by atoms with Gasteiger partial charge in [0.05, 0.1) is 5.69 Å². The molecule has 1 unspecified atom stereocenters. The van der Waals surface area contributed by atoms with Gasteiger partial charge in [-0.15, -0.1) is 0 Å². The van der Waals surface area contributed by atoms with E-state index in [0.29, 0.717) is 12.1 Å². The molecule has 4 heteroatoms. The number of aromatic nitrogens is 2. The van der Waals surface area contributed by atoms with Gasteiger partial charge in [-0.3, -0.25) is 4.79 Å². The zero-order valence-corrected chi connectivity index (χ0v) is 12.0. The van der Waals surface area contributed by atoms with Crippen molar-refractivity contribution in [3.8, 4) is 0 Å². The Morgan fingerprint density at radius 1 is 1.33 bits per heavy atom. The standard InChI is InChI=1S/C17H18N2O2/c1-11-4-2-5-12(8-11)9-14(17(20)21)16-13-6-3-7-15(13)18-10-19-16/h2,4-5,8,10,14H,3,6-7,9H2,1H3,(H,20,21). The Hall–Kier alpha value is -2.23. The molecule has 0 spiro atoms. The maximum absolute atomic E-state index is 11.7. The van der Waals surface area contributed by atoms with Crippen LogP contribution in [0.2, 0.25) is 0 Å². The molecule has 3 rings (SSSR count). The Bertz CT molecular complexity index is 682. The van der Waals surface area contributed by atoms with Crippen LogP contribution in [0.1, 0.15) is 40.4 Å². The second-order valence-electron chi connectivity index (χ2n) is 5.62. The summed E-state index contributed by atoms with van der Waals surface area (Å²) in [5, 5.41) is 9.63. The van der Waals surface area contributed by atoms with Crippen LogP contribution in [0.5, 0.6) is 0 Å². The lowest BCUT2D eigenvalue weighted by atomic mass is 9.92. The molecule has 0 saturated carbocycles. The van der Waals surface area contributed by atoms with Gasteiger partial charge >= 0.3 is 5.97 Å². The lowest BCUT2D eigenvalue weighted by molar-refractivity contribution is -0.138. The first kappa shape index (κ1) is 13.7. The molecule has 1 aromatic carbocycles. The largest absolute Gasteiger partial charge is 0.481 e. The molecule has 21 heavy (non-hydrogen) atoms. The van der Waals surface area contributed by atoms with Crippen LogP contribution in [-0.2, 0) is 24.1 Å². The minimum atomic E-state index is -0.815. The van der Waals surface area contributed by atoms with Gasteiger partial charge in [-0.05, 0) is 43.7 Å². The number of aryl methyl sites for hydroxylation is 2. The van der Waals surface area contributed by atoms with E-state index < -0.39 is 11.9 Å². The van der Waals surface area contributed by atoms with Crippen LogP contribution in [0.15, 0.2) is 30.6 Å². The third-order valence-corrected chi connectivity index (χ3v) is 4.06. The highest BCUT2D eigenvalue weighted by Gasteiger charge is 2.28. The van der Waals surface area contributed by atoms with E-state index in [-0.39, 0.29) is 0 Å². The van der Waals surface area contributed by atoms with E-state index >= 15 is 0 Å². The number of benzene rings is 1. The summed E-state index contributed by atoms with van der Waals surface area (Å²) in [6.07, 6.45) is 4.84. The first-order valence-corrected chi connectivity index (χ1v) is 7.26. The summed E-state index contributed by atoms with van der Waals surface area (Å²) in [6.45, 7) is 2.02. The monoisotopic (exact) mass is 282 g/mol. The van der Waals surface area contributed by atoms with E-state index in [1.165, 1.54) is 6.33 Å². The number of carboxylic acid groups (broad SMARTS) is 1. The highest BCUT2D eigenvalue weighted by atomic mass is 16.4. The fraction of sp³-hybridized carbons (Fsp3) is 0.353. The van der Waals surface area contributed by atoms with Gasteiger partial charge in [-0.25, -0.2) is 9.97 Å². The van der Waals surface area contributed by atoms with Gasteiger partial charge in [0.25, 0.3) is 0 Å². The second kappa shape index (κ2) is 5.64. The minimum absolute atomic E-state index is 0.473. The summed E-state index contributed by atoms with van der Waals surface area (Å²) in [4.78, 5) is 20.3. The predicted molar refractivity (Wildman–Crippen MR) is 79.3 cm³/mol. The topological polar surface area (TPSA) is 63.1 Å². The van der Waals surface area contributed by atoms with Crippen molar-refractivity contribution in [2.75, 3.05) is 0 Å². The minimum Gasteiger partial charge on any atom is -0.481 e. The van der Waals surface area contributed by atoms with Crippen LogP contribution in [0.4, 0.5) is 0 Å². The van der Waals surface area contributed by atoms with Gasteiger partial charge < -0.3 is 5.11 Å². The molecular weight excluding hydrogens is 264 g/mol. The Labute approximate surface area is 123 Å². The highest BCUT2D eigenvalue weighted by molar-refractivity contribution is 5.76. The van der Waals surface area contributed by atoms with Gasteiger partial charge in [0.15, 0.2) is 0 Å². The molecule has 0 aliphatic heterocycles. The van der Waals surface area contributed by atoms with E-state index in [9.17, 15) is 9.90 Å². The van der Waals surface area contributed by atoms with E-state index in [1.807, 2.05) is 31.2 Å². The van der Waals surface area contributed by atoms with Gasteiger partial charge in [0, 0.05) is 5.69 Å². The Morgan fingerprint density at radius 2 is 2.19 bits per heavy atom. The molecule has 0 saturated heterocycles. The van der Waals surface area contributed by atoms with Crippen LogP contribution in [0.3, 0.4) is 0 Å². The Morgan fingerprint density at radius 3 is 2.95 bits per heavy atom. The summed E-state index contributed by atoms with van der Waals surface area (Å²) in [5.74, 6) is -1.41. The first-order valence-electron chi connectivity index (χ1n) is 7.26. The van der Waals surface area contributed by atoms with Crippen LogP contribution in [0, 0.1) is 6.92 Å². The number of carboxylic acids is 1. The number of nitrogens with zero attached hydrogens (tertiary/aromatic N) is 2. The molecule has 1 N–H and O–H groups in total. The summed E-state index contributed by atoms with van der Waals surface area (Å²) in [6, 6.07) is 8.00. The Balaban J connectivity index is 1.96. The molecule has 2 aromatic rings. The van der Waals surface area contributed by atoms with Gasteiger partial charge in [0.1, 0.15) is 12.2 Å². The van der Waals surface area contributed by atoms with Crippen LogP contribution in [0.25, 0.3) is 0 Å². The Kier molecular flexibility index (Phi) is 3.69. The number of hydrogen-bond acceptors (Lipinski definition) is 3. The zero-order valence-electron chi connectivity index (χ0n) is 12.0. The van der Waals surface area contributed by atoms with Crippen molar-refractivity contribution in [1.82, 2.24) is 9.97 Å². The smallest absolute Gasteiger partial charge is 0.312 e. The van der Waals surface area contributed by atoms with Crippen molar-refractivity contribution in [3.63, 3.8) is 0 Å². The maximum atomic E-state index is 11.7. The molecule has 0 amide bonds. The lowest BCUT2D eigenvalue weighted by Crippen LogP contribution is -2.18. The van der Waals surface area contributed by atoms with Gasteiger partial charge in [-0.1, -0.05) is 29.8 Å². The molecule has 0 radical (unpaired) electrons.